The zero-order chi connectivity index (χ0) is 14.0. The molecule has 0 aliphatic heterocycles. The van der Waals surface area contributed by atoms with E-state index in [1.807, 2.05) is 37.3 Å². The van der Waals surface area contributed by atoms with Crippen LogP contribution in [-0.4, -0.2) is 0 Å². The van der Waals surface area contributed by atoms with Gasteiger partial charge in [0.05, 0.1) is 5.69 Å². The fourth-order valence-electron chi connectivity index (χ4n) is 1.65. The van der Waals surface area contributed by atoms with E-state index in [-0.39, 0.29) is 0 Å². The van der Waals surface area contributed by atoms with E-state index in [1.54, 1.807) is 0 Å². The fraction of sp³-hybridized carbons (Fsp3) is 0.143. The second-order valence-corrected chi connectivity index (χ2v) is 6.75. The molecular formula is C14H11Br2Cl2N. The minimum atomic E-state index is 0.635. The Kier molecular flexibility index (Phi) is 5.18. The number of aryl methyl sites for hydroxylation is 1. The highest BCUT2D eigenvalue weighted by molar-refractivity contribution is 9.10. The number of hydrogen-bond donors (Lipinski definition) is 1. The van der Waals surface area contributed by atoms with Crippen LogP contribution in [0.15, 0.2) is 39.3 Å². The van der Waals surface area contributed by atoms with Crippen molar-refractivity contribution in [1.29, 1.82) is 0 Å². The van der Waals surface area contributed by atoms with Crippen LogP contribution in [-0.2, 0) is 6.54 Å². The molecule has 0 aromatic heterocycles. The van der Waals surface area contributed by atoms with Gasteiger partial charge < -0.3 is 5.32 Å². The van der Waals surface area contributed by atoms with Gasteiger partial charge in [-0.05, 0) is 64.3 Å². The van der Waals surface area contributed by atoms with E-state index in [2.05, 4.69) is 37.2 Å². The first-order valence-corrected chi connectivity index (χ1v) is 7.95. The van der Waals surface area contributed by atoms with Crippen molar-refractivity contribution in [1.82, 2.24) is 0 Å². The SMILES string of the molecule is Cc1cc(Br)c(NCc2cc(Br)ccc2Cl)cc1Cl. The van der Waals surface area contributed by atoms with Gasteiger partial charge in [-0.25, -0.2) is 0 Å². The first kappa shape index (κ1) is 15.2. The van der Waals surface area contributed by atoms with Gasteiger partial charge in [-0.3, -0.25) is 0 Å². The molecule has 1 N–H and O–H groups in total. The van der Waals surface area contributed by atoms with Crippen LogP contribution in [0.4, 0.5) is 5.69 Å². The Hall–Kier alpha value is -0.220. The Labute approximate surface area is 139 Å². The van der Waals surface area contributed by atoms with Crippen LogP contribution in [0.1, 0.15) is 11.1 Å². The van der Waals surface area contributed by atoms with Gasteiger partial charge in [-0.15, -0.1) is 0 Å². The maximum atomic E-state index is 6.16. The molecular weight excluding hydrogens is 413 g/mol. The van der Waals surface area contributed by atoms with E-state index < -0.39 is 0 Å². The molecule has 0 saturated heterocycles. The second kappa shape index (κ2) is 6.49. The fourth-order valence-corrected chi connectivity index (χ4v) is 3.01. The topological polar surface area (TPSA) is 12.0 Å². The molecule has 1 nitrogen and oxygen atoms in total. The molecule has 19 heavy (non-hydrogen) atoms. The molecule has 2 rings (SSSR count). The van der Waals surface area contributed by atoms with Gasteiger partial charge in [-0.1, -0.05) is 39.1 Å². The molecule has 0 aliphatic carbocycles. The van der Waals surface area contributed by atoms with Gasteiger partial charge in [0.1, 0.15) is 0 Å². The van der Waals surface area contributed by atoms with Crippen molar-refractivity contribution in [2.24, 2.45) is 0 Å². The molecule has 0 radical (unpaired) electrons. The summed E-state index contributed by atoms with van der Waals surface area (Å²) in [5.74, 6) is 0. The summed E-state index contributed by atoms with van der Waals surface area (Å²) in [5, 5.41) is 4.81. The third kappa shape index (κ3) is 3.88. The predicted molar refractivity (Wildman–Crippen MR) is 90.4 cm³/mol. The van der Waals surface area contributed by atoms with E-state index in [0.717, 1.165) is 35.8 Å². The van der Waals surface area contributed by atoms with Crippen molar-refractivity contribution >= 4 is 60.7 Å². The van der Waals surface area contributed by atoms with Gasteiger partial charge in [0.25, 0.3) is 0 Å². The number of benzene rings is 2. The van der Waals surface area contributed by atoms with E-state index in [1.165, 1.54) is 0 Å². The molecule has 5 heteroatoms. The van der Waals surface area contributed by atoms with Gasteiger partial charge in [0, 0.05) is 25.5 Å². The predicted octanol–water partition coefficient (Wildman–Crippen LogP) is 6.44. The summed E-state index contributed by atoms with van der Waals surface area (Å²) in [5.41, 5.74) is 3.02. The first-order chi connectivity index (χ1) is 8.97. The highest BCUT2D eigenvalue weighted by atomic mass is 79.9. The zero-order valence-electron chi connectivity index (χ0n) is 10.1. The minimum absolute atomic E-state index is 0.635. The van der Waals surface area contributed by atoms with E-state index in [0.29, 0.717) is 6.54 Å². The molecule has 0 spiro atoms. The quantitative estimate of drug-likeness (QED) is 0.599. The lowest BCUT2D eigenvalue weighted by atomic mass is 10.2. The molecule has 0 atom stereocenters. The van der Waals surface area contributed by atoms with Crippen LogP contribution in [0.2, 0.25) is 10.0 Å². The average molecular weight is 424 g/mol. The molecule has 2 aromatic carbocycles. The van der Waals surface area contributed by atoms with Gasteiger partial charge in [-0.2, -0.15) is 0 Å². The minimum Gasteiger partial charge on any atom is -0.380 e. The third-order valence-electron chi connectivity index (χ3n) is 2.73. The highest BCUT2D eigenvalue weighted by Crippen LogP contribution is 2.30. The zero-order valence-corrected chi connectivity index (χ0v) is 14.8. The third-order valence-corrected chi connectivity index (χ3v) is 4.65. The van der Waals surface area contributed by atoms with Crippen LogP contribution in [0, 0.1) is 6.92 Å². The van der Waals surface area contributed by atoms with Crippen LogP contribution in [0.3, 0.4) is 0 Å². The van der Waals surface area contributed by atoms with Crippen LogP contribution in [0.25, 0.3) is 0 Å². The molecule has 2 aromatic rings. The summed E-state index contributed by atoms with van der Waals surface area (Å²) < 4.78 is 2.00. The summed E-state index contributed by atoms with van der Waals surface area (Å²) in [6, 6.07) is 9.70. The monoisotopic (exact) mass is 421 g/mol. The summed E-state index contributed by atoms with van der Waals surface area (Å²) in [6.07, 6.45) is 0. The van der Waals surface area contributed by atoms with Crippen molar-refractivity contribution in [2.45, 2.75) is 13.5 Å². The molecule has 0 heterocycles. The smallest absolute Gasteiger partial charge is 0.0502 e. The van der Waals surface area contributed by atoms with Gasteiger partial charge in [0.2, 0.25) is 0 Å². The first-order valence-electron chi connectivity index (χ1n) is 5.61. The Balaban J connectivity index is 2.19. The van der Waals surface area contributed by atoms with Gasteiger partial charge >= 0.3 is 0 Å². The lowest BCUT2D eigenvalue weighted by Crippen LogP contribution is -2.01. The number of nitrogens with one attached hydrogen (secondary N) is 1. The molecule has 0 aliphatic rings. The van der Waals surface area contributed by atoms with E-state index >= 15 is 0 Å². The number of halogens is 4. The lowest BCUT2D eigenvalue weighted by Gasteiger charge is -2.12. The average Bonchev–Trinajstić information content (AvgIpc) is 2.36. The highest BCUT2D eigenvalue weighted by Gasteiger charge is 2.06. The standard InChI is InChI=1S/C14H11Br2Cl2N/c1-8-4-11(16)14(6-13(8)18)19-7-9-5-10(15)2-3-12(9)17/h2-6,19H,7H2,1H3. The van der Waals surface area contributed by atoms with Crippen LogP contribution in [0.5, 0.6) is 0 Å². The van der Waals surface area contributed by atoms with Crippen molar-refractivity contribution in [3.05, 3.63) is 60.4 Å². The molecule has 100 valence electrons. The number of rotatable bonds is 3. The summed E-state index contributed by atoms with van der Waals surface area (Å²) >= 11 is 19.3. The maximum Gasteiger partial charge on any atom is 0.0502 e. The number of hydrogen-bond acceptors (Lipinski definition) is 1. The summed E-state index contributed by atoms with van der Waals surface area (Å²) in [4.78, 5) is 0. The van der Waals surface area contributed by atoms with Gasteiger partial charge in [0.15, 0.2) is 0 Å². The van der Waals surface area contributed by atoms with Crippen LogP contribution >= 0.6 is 55.1 Å². The molecule has 0 unspecified atom stereocenters. The molecule has 0 fully saturated rings. The Morgan fingerprint density at radius 2 is 1.79 bits per heavy atom. The summed E-state index contributed by atoms with van der Waals surface area (Å²) in [7, 11) is 0. The Morgan fingerprint density at radius 1 is 1.05 bits per heavy atom. The van der Waals surface area contributed by atoms with E-state index in [4.69, 9.17) is 23.2 Å². The summed E-state index contributed by atoms with van der Waals surface area (Å²) in [6.45, 7) is 2.61. The van der Waals surface area contributed by atoms with Crippen molar-refractivity contribution in [3.63, 3.8) is 0 Å². The Bertz CT molecular complexity index is 615. The molecule has 0 amide bonds. The normalized spacial score (nSPS) is 10.6. The van der Waals surface area contributed by atoms with E-state index in [9.17, 15) is 0 Å². The molecule has 0 bridgehead atoms. The van der Waals surface area contributed by atoms with Crippen molar-refractivity contribution in [3.8, 4) is 0 Å². The number of anilines is 1. The van der Waals surface area contributed by atoms with Crippen LogP contribution < -0.4 is 5.32 Å². The maximum absolute atomic E-state index is 6.16. The largest absolute Gasteiger partial charge is 0.380 e. The van der Waals surface area contributed by atoms with Crippen molar-refractivity contribution < 1.29 is 0 Å². The second-order valence-electron chi connectivity index (χ2n) is 4.17. The Morgan fingerprint density at radius 3 is 2.53 bits per heavy atom. The van der Waals surface area contributed by atoms with Crippen molar-refractivity contribution in [2.75, 3.05) is 5.32 Å². The lowest BCUT2D eigenvalue weighted by molar-refractivity contribution is 1.14. The molecule has 0 saturated carbocycles.